The Balaban J connectivity index is 0. The van der Waals surface area contributed by atoms with Crippen molar-refractivity contribution in [3.8, 4) is 0 Å². The fourth-order valence-corrected chi connectivity index (χ4v) is 0.151. The number of methoxy groups -OCH3 is 1. The van der Waals surface area contributed by atoms with E-state index in [0.717, 1.165) is 0 Å². The van der Waals surface area contributed by atoms with Gasteiger partial charge in [0, 0.05) is 20.8 Å². The van der Waals surface area contributed by atoms with Crippen LogP contribution in [0.3, 0.4) is 0 Å². The lowest BCUT2D eigenvalue weighted by Gasteiger charge is -1.87. The normalized spacial score (nSPS) is 7.00. The summed E-state index contributed by atoms with van der Waals surface area (Å²) >= 11 is 0. The second-order valence-electron chi connectivity index (χ2n) is 1.24. The van der Waals surface area contributed by atoms with Crippen LogP contribution in [0.1, 0.15) is 6.92 Å². The van der Waals surface area contributed by atoms with Crippen LogP contribution in [0, 0.1) is 0 Å². The average molecular weight is 135 g/mol. The van der Waals surface area contributed by atoms with Crippen LogP contribution in [0.5, 0.6) is 0 Å². The summed E-state index contributed by atoms with van der Waals surface area (Å²) in [4.78, 5) is 9.49. The molecular weight excluding hydrogens is 122 g/mol. The molecule has 9 heavy (non-hydrogen) atoms. The molecule has 0 heterocycles. The summed E-state index contributed by atoms with van der Waals surface area (Å²) in [5.41, 5.74) is 0. The van der Waals surface area contributed by atoms with E-state index in [2.05, 4.69) is 10.1 Å². The summed E-state index contributed by atoms with van der Waals surface area (Å²) in [6.07, 6.45) is -0.961. The van der Waals surface area contributed by atoms with E-state index in [9.17, 15) is 4.79 Å². The van der Waals surface area contributed by atoms with Crippen LogP contribution in [0.15, 0.2) is 0 Å². The van der Waals surface area contributed by atoms with Gasteiger partial charge in [-0.3, -0.25) is 0 Å². The number of nitrogens with one attached hydrogen (secondary N) is 1. The van der Waals surface area contributed by atoms with Gasteiger partial charge in [0.1, 0.15) is 0 Å². The van der Waals surface area contributed by atoms with Gasteiger partial charge in [-0.05, 0) is 6.92 Å². The predicted octanol–water partition coefficient (Wildman–Crippen LogP) is 0.537. The van der Waals surface area contributed by atoms with Crippen molar-refractivity contribution in [2.45, 2.75) is 6.92 Å². The van der Waals surface area contributed by atoms with Gasteiger partial charge in [0.15, 0.2) is 0 Å². The Morgan fingerprint density at radius 2 is 2.00 bits per heavy atom. The van der Waals surface area contributed by atoms with Crippen LogP contribution in [0.2, 0.25) is 0 Å². The van der Waals surface area contributed by atoms with E-state index >= 15 is 0 Å². The largest absolute Gasteiger partial charge is 0.465 e. The highest BCUT2D eigenvalue weighted by Gasteiger charge is 1.82. The lowest BCUT2D eigenvalue weighted by atomic mass is 10.8. The molecular formula is C5H13NO3. The summed E-state index contributed by atoms with van der Waals surface area (Å²) in [5.74, 6) is 0. The van der Waals surface area contributed by atoms with Crippen molar-refractivity contribution >= 4 is 6.09 Å². The van der Waals surface area contributed by atoms with Crippen LogP contribution in [-0.4, -0.2) is 32.0 Å². The van der Waals surface area contributed by atoms with Gasteiger partial charge in [-0.25, -0.2) is 4.79 Å². The number of hydrogen-bond donors (Lipinski definition) is 2. The molecule has 0 aromatic rings. The summed E-state index contributed by atoms with van der Waals surface area (Å²) in [6.45, 7) is 2.21. The topological polar surface area (TPSA) is 58.6 Å². The fourth-order valence-electron chi connectivity index (χ4n) is 0.151. The second kappa shape index (κ2) is 10.3. The molecule has 0 aromatic heterocycles. The van der Waals surface area contributed by atoms with Gasteiger partial charge in [0.25, 0.3) is 0 Å². The third-order valence-corrected chi connectivity index (χ3v) is 0.328. The zero-order chi connectivity index (χ0) is 7.70. The first kappa shape index (κ1) is 11.1. The number of carboxylic acid groups (broad SMARTS) is 1. The molecule has 0 rings (SSSR count). The fraction of sp³-hybridized carbons (Fsp3) is 0.800. The zero-order valence-corrected chi connectivity index (χ0v) is 5.97. The van der Waals surface area contributed by atoms with Gasteiger partial charge in [-0.1, -0.05) is 0 Å². The van der Waals surface area contributed by atoms with Crippen LogP contribution in [0.4, 0.5) is 4.79 Å². The van der Waals surface area contributed by atoms with E-state index in [4.69, 9.17) is 5.11 Å². The summed E-state index contributed by atoms with van der Waals surface area (Å²) < 4.78 is 4.25. The highest BCUT2D eigenvalue weighted by molar-refractivity contribution is 5.64. The lowest BCUT2D eigenvalue weighted by Crippen LogP contribution is -2.19. The molecule has 0 atom stereocenters. The van der Waals surface area contributed by atoms with Crippen LogP contribution in [0.25, 0.3) is 0 Å². The number of hydrogen-bond acceptors (Lipinski definition) is 2. The van der Waals surface area contributed by atoms with Crippen molar-refractivity contribution in [3.63, 3.8) is 0 Å². The van der Waals surface area contributed by atoms with Crippen molar-refractivity contribution in [2.75, 3.05) is 20.8 Å². The molecule has 0 saturated carbocycles. The van der Waals surface area contributed by atoms with E-state index in [1.54, 1.807) is 21.1 Å². The molecule has 1 amide bonds. The molecule has 56 valence electrons. The Labute approximate surface area is 54.8 Å². The molecule has 0 saturated heterocycles. The maximum Gasteiger partial charge on any atom is 0.404 e. The number of ether oxygens (including phenoxy) is 1. The van der Waals surface area contributed by atoms with Crippen molar-refractivity contribution in [3.05, 3.63) is 0 Å². The molecule has 0 fully saturated rings. The Bertz CT molecular complexity index is 65.2. The van der Waals surface area contributed by atoms with E-state index in [1.807, 2.05) is 0 Å². The maximum absolute atomic E-state index is 9.49. The predicted molar refractivity (Wildman–Crippen MR) is 34.6 cm³/mol. The van der Waals surface area contributed by atoms with Crippen LogP contribution >= 0.6 is 0 Å². The molecule has 4 heteroatoms. The molecule has 0 aromatic carbocycles. The standard InChI is InChI=1S/C3H7NO2.C2H6O/c1-2-4-3(5)6;1-3-2/h4H,2H2,1H3,(H,5,6);1-2H3. The highest BCUT2D eigenvalue weighted by Crippen LogP contribution is 1.54. The van der Waals surface area contributed by atoms with Crippen molar-refractivity contribution in [2.24, 2.45) is 0 Å². The molecule has 0 aliphatic carbocycles. The number of carbonyl (C=O) groups is 1. The van der Waals surface area contributed by atoms with Gasteiger partial charge in [-0.15, -0.1) is 0 Å². The minimum Gasteiger partial charge on any atom is -0.465 e. The molecule has 0 bridgehead atoms. The van der Waals surface area contributed by atoms with E-state index in [0.29, 0.717) is 6.54 Å². The smallest absolute Gasteiger partial charge is 0.404 e. The quantitative estimate of drug-likeness (QED) is 0.551. The Kier molecular flexibility index (Phi) is 12.6. The van der Waals surface area contributed by atoms with Crippen molar-refractivity contribution in [1.29, 1.82) is 0 Å². The Morgan fingerprint density at radius 3 is 2.00 bits per heavy atom. The van der Waals surface area contributed by atoms with E-state index < -0.39 is 6.09 Å². The third-order valence-electron chi connectivity index (χ3n) is 0.328. The molecule has 0 aliphatic rings. The summed E-state index contributed by atoms with van der Waals surface area (Å²) in [6, 6.07) is 0. The van der Waals surface area contributed by atoms with Crippen molar-refractivity contribution < 1.29 is 14.6 Å². The molecule has 0 spiro atoms. The third kappa shape index (κ3) is 39.8. The first-order valence-corrected chi connectivity index (χ1v) is 2.55. The Morgan fingerprint density at radius 1 is 1.67 bits per heavy atom. The minimum atomic E-state index is -0.961. The van der Waals surface area contributed by atoms with Crippen LogP contribution < -0.4 is 5.32 Å². The van der Waals surface area contributed by atoms with Gasteiger partial charge >= 0.3 is 6.09 Å². The first-order chi connectivity index (χ1) is 4.18. The second-order valence-corrected chi connectivity index (χ2v) is 1.24. The summed E-state index contributed by atoms with van der Waals surface area (Å²) in [7, 11) is 3.25. The molecule has 2 N–H and O–H groups in total. The van der Waals surface area contributed by atoms with Crippen LogP contribution in [-0.2, 0) is 4.74 Å². The van der Waals surface area contributed by atoms with Gasteiger partial charge in [0.05, 0.1) is 0 Å². The number of rotatable bonds is 1. The molecule has 0 aliphatic heterocycles. The van der Waals surface area contributed by atoms with Gasteiger partial charge in [0.2, 0.25) is 0 Å². The lowest BCUT2D eigenvalue weighted by molar-refractivity contribution is 0.195. The minimum absolute atomic E-state index is 0.481. The van der Waals surface area contributed by atoms with Crippen molar-refractivity contribution in [1.82, 2.24) is 5.32 Å². The SMILES string of the molecule is CCNC(=O)O.COC. The summed E-state index contributed by atoms with van der Waals surface area (Å²) in [5, 5.41) is 9.93. The highest BCUT2D eigenvalue weighted by atomic mass is 16.4. The van der Waals surface area contributed by atoms with E-state index in [-0.39, 0.29) is 0 Å². The van der Waals surface area contributed by atoms with Gasteiger partial charge < -0.3 is 15.2 Å². The number of amides is 1. The monoisotopic (exact) mass is 135 g/mol. The van der Waals surface area contributed by atoms with Gasteiger partial charge in [-0.2, -0.15) is 0 Å². The zero-order valence-electron chi connectivity index (χ0n) is 5.97. The molecule has 0 radical (unpaired) electrons. The Hall–Kier alpha value is -0.770. The molecule has 4 nitrogen and oxygen atoms in total. The molecule has 0 unspecified atom stereocenters. The average Bonchev–Trinajstić information content (AvgIpc) is 1.67. The maximum atomic E-state index is 9.49. The van der Waals surface area contributed by atoms with E-state index in [1.165, 1.54) is 0 Å². The first-order valence-electron chi connectivity index (χ1n) is 2.55.